The highest BCUT2D eigenvalue weighted by molar-refractivity contribution is 7.59. The number of hydrogen-bond donors (Lipinski definition) is 2. The van der Waals surface area contributed by atoms with Gasteiger partial charge in [-0.05, 0) is 24.3 Å². The summed E-state index contributed by atoms with van der Waals surface area (Å²) in [6.07, 6.45) is 0. The molecule has 96 valence electrons. The maximum absolute atomic E-state index is 10.0. The second kappa shape index (κ2) is 7.97. The van der Waals surface area contributed by atoms with Crippen LogP contribution in [0.5, 0.6) is 0 Å². The van der Waals surface area contributed by atoms with Crippen LogP contribution in [0.25, 0.3) is 0 Å². The fraction of sp³-hybridized carbons (Fsp3) is 0. The van der Waals surface area contributed by atoms with E-state index in [1.807, 2.05) is 0 Å². The van der Waals surface area contributed by atoms with Gasteiger partial charge in [0.2, 0.25) is 0 Å². The van der Waals surface area contributed by atoms with Crippen LogP contribution in [0.2, 0.25) is 0 Å². The van der Waals surface area contributed by atoms with Crippen molar-refractivity contribution in [3.63, 3.8) is 0 Å². The molecule has 0 bridgehead atoms. The molecular weight excluding hydrogens is 250 g/mol. The number of anilines is 2. The number of nitrogens with two attached hydrogens (primary N) is 2. The molecule has 0 saturated heterocycles. The van der Waals surface area contributed by atoms with Crippen LogP contribution in [0.3, 0.4) is 0 Å². The van der Waals surface area contributed by atoms with Crippen molar-refractivity contribution in [1.82, 2.24) is 0 Å². The second-order valence-electron chi connectivity index (χ2n) is 3.26. The number of nitrogens with zero attached hydrogens (tertiary/aromatic N) is 1. The van der Waals surface area contributed by atoms with E-state index in [1.54, 1.807) is 42.5 Å². The molecule has 6 heteroatoms. The minimum Gasteiger partial charge on any atom is -0.399 e. The van der Waals surface area contributed by atoms with E-state index in [9.17, 15) is 10.1 Å². The van der Waals surface area contributed by atoms with Crippen molar-refractivity contribution in [2.24, 2.45) is 0 Å². The normalized spacial score (nSPS) is 8.44. The maximum atomic E-state index is 10.0. The van der Waals surface area contributed by atoms with Gasteiger partial charge in [0.15, 0.2) is 0 Å². The van der Waals surface area contributed by atoms with Gasteiger partial charge in [0.1, 0.15) is 0 Å². The summed E-state index contributed by atoms with van der Waals surface area (Å²) in [6, 6.07) is 15.0. The third-order valence-electron chi connectivity index (χ3n) is 1.90. The lowest BCUT2D eigenvalue weighted by molar-refractivity contribution is -0.384. The molecule has 0 aliphatic carbocycles. The number of nitro benzene ring substituents is 1. The Morgan fingerprint density at radius 2 is 1.22 bits per heavy atom. The van der Waals surface area contributed by atoms with Gasteiger partial charge in [-0.2, -0.15) is 13.5 Å². The van der Waals surface area contributed by atoms with Crippen molar-refractivity contribution in [2.45, 2.75) is 0 Å². The fourth-order valence-electron chi connectivity index (χ4n) is 1.05. The molecule has 0 atom stereocenters. The zero-order valence-electron chi connectivity index (χ0n) is 9.61. The minimum absolute atomic E-state index is 0. The van der Waals surface area contributed by atoms with Crippen LogP contribution in [0.15, 0.2) is 54.6 Å². The number of non-ortho nitro benzene ring substituents is 1. The number of para-hydroxylation sites is 1. The summed E-state index contributed by atoms with van der Waals surface area (Å²) >= 11 is 0. The van der Waals surface area contributed by atoms with Gasteiger partial charge in [0.25, 0.3) is 5.69 Å². The average Bonchev–Trinajstić information content (AvgIpc) is 2.35. The van der Waals surface area contributed by atoms with E-state index in [0.717, 1.165) is 11.4 Å². The second-order valence-corrected chi connectivity index (χ2v) is 3.26. The molecule has 5 nitrogen and oxygen atoms in total. The first-order valence-corrected chi connectivity index (χ1v) is 4.90. The van der Waals surface area contributed by atoms with Crippen molar-refractivity contribution >= 4 is 30.6 Å². The van der Waals surface area contributed by atoms with Gasteiger partial charge in [-0.3, -0.25) is 10.1 Å². The summed E-state index contributed by atoms with van der Waals surface area (Å²) in [6.45, 7) is 0. The zero-order chi connectivity index (χ0) is 12.7. The first-order valence-electron chi connectivity index (χ1n) is 4.90. The predicted molar refractivity (Wildman–Crippen MR) is 78.7 cm³/mol. The molecule has 0 saturated carbocycles. The number of benzene rings is 2. The molecule has 0 amide bonds. The number of nitro groups is 1. The van der Waals surface area contributed by atoms with Crippen LogP contribution in [0.4, 0.5) is 17.1 Å². The van der Waals surface area contributed by atoms with Crippen LogP contribution in [-0.4, -0.2) is 4.92 Å². The first-order chi connectivity index (χ1) is 8.09. The highest BCUT2D eigenvalue weighted by Gasteiger charge is 1.98. The van der Waals surface area contributed by atoms with Crippen molar-refractivity contribution in [2.75, 3.05) is 11.5 Å². The molecule has 2 rings (SSSR count). The van der Waals surface area contributed by atoms with Gasteiger partial charge >= 0.3 is 0 Å². The van der Waals surface area contributed by atoms with Crippen LogP contribution in [0, 0.1) is 10.1 Å². The van der Waals surface area contributed by atoms with Gasteiger partial charge in [-0.15, -0.1) is 0 Å². The molecule has 0 aromatic heterocycles. The Morgan fingerprint density at radius 1 is 0.833 bits per heavy atom. The Morgan fingerprint density at radius 3 is 1.50 bits per heavy atom. The van der Waals surface area contributed by atoms with E-state index in [4.69, 9.17) is 11.5 Å². The van der Waals surface area contributed by atoms with Crippen LogP contribution < -0.4 is 11.5 Å². The highest BCUT2D eigenvalue weighted by atomic mass is 32.1. The van der Waals surface area contributed by atoms with E-state index in [0.29, 0.717) is 0 Å². The molecule has 0 fully saturated rings. The summed E-state index contributed by atoms with van der Waals surface area (Å²) in [4.78, 5) is 9.59. The van der Waals surface area contributed by atoms with E-state index >= 15 is 0 Å². The summed E-state index contributed by atoms with van der Waals surface area (Å²) < 4.78 is 0. The topological polar surface area (TPSA) is 95.2 Å². The average molecular weight is 265 g/mol. The Bertz CT molecular complexity index is 453. The summed E-state index contributed by atoms with van der Waals surface area (Å²) in [5.41, 5.74) is 12.4. The van der Waals surface area contributed by atoms with E-state index in [1.165, 1.54) is 12.1 Å². The highest BCUT2D eigenvalue weighted by Crippen LogP contribution is 2.06. The SMILES string of the molecule is Nc1ccc(N)cc1.O=[N+]([O-])c1ccccc1.S. The van der Waals surface area contributed by atoms with Crippen molar-refractivity contribution in [3.05, 3.63) is 64.7 Å². The van der Waals surface area contributed by atoms with Crippen molar-refractivity contribution < 1.29 is 4.92 Å². The molecule has 0 radical (unpaired) electrons. The van der Waals surface area contributed by atoms with Crippen molar-refractivity contribution in [1.29, 1.82) is 0 Å². The molecular formula is C12H15N3O2S. The fourth-order valence-corrected chi connectivity index (χ4v) is 1.05. The standard InChI is InChI=1S/C6H8N2.C6H5NO2.H2S/c7-5-1-2-6(8)4-3-5;8-7(9)6-4-2-1-3-5-6;/h1-4H,7-8H2;1-5H;1H2. The molecule has 0 heterocycles. The van der Waals surface area contributed by atoms with Crippen LogP contribution >= 0.6 is 13.5 Å². The summed E-state index contributed by atoms with van der Waals surface area (Å²) in [5.74, 6) is 0. The molecule has 2 aromatic carbocycles. The monoisotopic (exact) mass is 265 g/mol. The predicted octanol–water partition coefficient (Wildman–Crippen LogP) is 2.56. The smallest absolute Gasteiger partial charge is 0.269 e. The van der Waals surface area contributed by atoms with Gasteiger partial charge < -0.3 is 11.5 Å². The Hall–Kier alpha value is -2.21. The molecule has 0 aliphatic heterocycles. The van der Waals surface area contributed by atoms with Gasteiger partial charge in [0, 0.05) is 23.5 Å². The van der Waals surface area contributed by atoms with Crippen LogP contribution in [-0.2, 0) is 0 Å². The zero-order valence-corrected chi connectivity index (χ0v) is 10.6. The summed E-state index contributed by atoms with van der Waals surface area (Å²) in [5, 5.41) is 10.0. The molecule has 0 aliphatic rings. The Labute approximate surface area is 112 Å². The number of hydrogen-bond acceptors (Lipinski definition) is 4. The molecule has 18 heavy (non-hydrogen) atoms. The van der Waals surface area contributed by atoms with Crippen LogP contribution in [0.1, 0.15) is 0 Å². The van der Waals surface area contributed by atoms with Gasteiger partial charge in [-0.25, -0.2) is 0 Å². The van der Waals surface area contributed by atoms with E-state index in [2.05, 4.69) is 0 Å². The molecule has 4 N–H and O–H groups in total. The maximum Gasteiger partial charge on any atom is 0.269 e. The quantitative estimate of drug-likeness (QED) is 0.470. The largest absolute Gasteiger partial charge is 0.399 e. The van der Waals surface area contributed by atoms with Gasteiger partial charge in [0.05, 0.1) is 4.92 Å². The number of rotatable bonds is 1. The molecule has 0 unspecified atom stereocenters. The third kappa shape index (κ3) is 5.76. The Kier molecular flexibility index (Phi) is 6.99. The van der Waals surface area contributed by atoms with E-state index in [-0.39, 0.29) is 19.2 Å². The lowest BCUT2D eigenvalue weighted by Gasteiger charge is -1.90. The Balaban J connectivity index is 0.000000306. The first kappa shape index (κ1) is 15.8. The number of nitrogen functional groups attached to an aromatic ring is 2. The van der Waals surface area contributed by atoms with Crippen molar-refractivity contribution in [3.8, 4) is 0 Å². The molecule has 0 spiro atoms. The molecule has 2 aromatic rings. The summed E-state index contributed by atoms with van der Waals surface area (Å²) in [7, 11) is 0. The lowest BCUT2D eigenvalue weighted by Crippen LogP contribution is -1.86. The lowest BCUT2D eigenvalue weighted by atomic mass is 10.3. The van der Waals surface area contributed by atoms with Gasteiger partial charge in [-0.1, -0.05) is 18.2 Å². The minimum atomic E-state index is -0.417. The third-order valence-corrected chi connectivity index (χ3v) is 1.90. The van der Waals surface area contributed by atoms with E-state index < -0.39 is 4.92 Å².